The monoisotopic (exact) mass is 364 g/mol. The van der Waals surface area contributed by atoms with Crippen LogP contribution in [0.1, 0.15) is 25.0 Å². The van der Waals surface area contributed by atoms with Crippen molar-refractivity contribution in [2.45, 2.75) is 19.4 Å². The van der Waals surface area contributed by atoms with Gasteiger partial charge in [0.05, 0.1) is 17.5 Å². The Morgan fingerprint density at radius 2 is 1.89 bits per heavy atom. The van der Waals surface area contributed by atoms with Crippen LogP contribution < -0.4 is 10.6 Å². The van der Waals surface area contributed by atoms with Crippen molar-refractivity contribution < 1.29 is 9.53 Å². The van der Waals surface area contributed by atoms with Crippen LogP contribution in [-0.4, -0.2) is 29.0 Å². The summed E-state index contributed by atoms with van der Waals surface area (Å²) in [6.07, 6.45) is 4.32. The number of carbonyl (C=O) groups is 1. The molecule has 3 rings (SSSR count). The number of nitrogens with zero attached hydrogens (tertiary/aromatic N) is 2. The van der Waals surface area contributed by atoms with Crippen molar-refractivity contribution in [2.75, 3.05) is 18.5 Å². The molecule has 140 valence electrons. The first-order chi connectivity index (χ1) is 13.2. The highest BCUT2D eigenvalue weighted by atomic mass is 16.5. The van der Waals surface area contributed by atoms with E-state index < -0.39 is 0 Å². The quantitative estimate of drug-likeness (QED) is 0.590. The van der Waals surface area contributed by atoms with Gasteiger partial charge in [0, 0.05) is 25.5 Å². The first-order valence-electron chi connectivity index (χ1n) is 9.04. The molecule has 0 bridgehead atoms. The average Bonchev–Trinajstić information content (AvgIpc) is 3.23. The van der Waals surface area contributed by atoms with Gasteiger partial charge in [-0.25, -0.2) is 9.48 Å². The normalized spacial score (nSPS) is 11.7. The van der Waals surface area contributed by atoms with E-state index >= 15 is 0 Å². The molecule has 0 aliphatic rings. The minimum Gasteiger partial charge on any atom is -0.374 e. The van der Waals surface area contributed by atoms with Gasteiger partial charge in [-0.15, -0.1) is 0 Å². The first kappa shape index (κ1) is 18.7. The van der Waals surface area contributed by atoms with Crippen LogP contribution in [0.5, 0.6) is 0 Å². The van der Waals surface area contributed by atoms with E-state index in [0.717, 1.165) is 17.7 Å². The van der Waals surface area contributed by atoms with E-state index in [1.807, 2.05) is 73.8 Å². The van der Waals surface area contributed by atoms with Gasteiger partial charge in [0.25, 0.3) is 0 Å². The second kappa shape index (κ2) is 9.54. The molecule has 1 aromatic heterocycles. The van der Waals surface area contributed by atoms with Crippen LogP contribution in [0.2, 0.25) is 0 Å². The molecule has 1 atom stereocenters. The third-order valence-corrected chi connectivity index (χ3v) is 4.15. The number of anilines is 1. The molecular formula is C21H24N4O2. The van der Waals surface area contributed by atoms with Gasteiger partial charge >= 0.3 is 6.03 Å². The molecule has 2 amide bonds. The Hall–Kier alpha value is -3.12. The standard InChI is InChI=1S/C21H24N4O2/c1-17(18-9-3-2-4-10-18)27-16-8-13-22-21(26)24-19-11-5-6-12-20(19)25-15-7-14-23-25/h2-7,9-12,14-15,17H,8,13,16H2,1H3,(H2,22,24,26). The van der Waals surface area contributed by atoms with Crippen molar-refractivity contribution in [2.24, 2.45) is 0 Å². The van der Waals surface area contributed by atoms with Gasteiger partial charge in [-0.2, -0.15) is 5.10 Å². The van der Waals surface area contributed by atoms with Crippen LogP contribution in [0, 0.1) is 0 Å². The number of carbonyl (C=O) groups excluding carboxylic acids is 1. The minimum atomic E-state index is -0.245. The molecule has 0 spiro atoms. The maximum absolute atomic E-state index is 12.2. The van der Waals surface area contributed by atoms with Crippen molar-refractivity contribution in [3.63, 3.8) is 0 Å². The highest BCUT2D eigenvalue weighted by molar-refractivity contribution is 5.91. The molecule has 1 heterocycles. The number of aromatic nitrogens is 2. The van der Waals surface area contributed by atoms with Crippen LogP contribution in [0.15, 0.2) is 73.1 Å². The fourth-order valence-electron chi connectivity index (χ4n) is 2.71. The average molecular weight is 364 g/mol. The molecule has 6 heteroatoms. The minimum absolute atomic E-state index is 0.0426. The van der Waals surface area contributed by atoms with Crippen molar-refractivity contribution >= 4 is 11.7 Å². The fourth-order valence-corrected chi connectivity index (χ4v) is 2.71. The fraction of sp³-hybridized carbons (Fsp3) is 0.238. The van der Waals surface area contributed by atoms with E-state index in [1.165, 1.54) is 0 Å². The third-order valence-electron chi connectivity index (χ3n) is 4.15. The summed E-state index contributed by atoms with van der Waals surface area (Å²) in [5.74, 6) is 0. The third kappa shape index (κ3) is 5.43. The molecule has 6 nitrogen and oxygen atoms in total. The Kier molecular flexibility index (Phi) is 6.60. The second-order valence-electron chi connectivity index (χ2n) is 6.13. The molecule has 0 aliphatic carbocycles. The van der Waals surface area contributed by atoms with Crippen molar-refractivity contribution in [1.82, 2.24) is 15.1 Å². The lowest BCUT2D eigenvalue weighted by molar-refractivity contribution is 0.0644. The largest absolute Gasteiger partial charge is 0.374 e. The molecule has 0 saturated carbocycles. The number of ether oxygens (including phenoxy) is 1. The summed E-state index contributed by atoms with van der Waals surface area (Å²) in [4.78, 5) is 12.2. The lowest BCUT2D eigenvalue weighted by atomic mass is 10.1. The van der Waals surface area contributed by atoms with Gasteiger partial charge in [-0.05, 0) is 37.1 Å². The van der Waals surface area contributed by atoms with Gasteiger partial charge in [0.15, 0.2) is 0 Å². The molecular weight excluding hydrogens is 340 g/mol. The van der Waals surface area contributed by atoms with Crippen LogP contribution >= 0.6 is 0 Å². The van der Waals surface area contributed by atoms with E-state index in [0.29, 0.717) is 18.8 Å². The number of benzene rings is 2. The maximum atomic E-state index is 12.2. The Morgan fingerprint density at radius 1 is 1.11 bits per heavy atom. The number of rotatable bonds is 8. The molecule has 0 saturated heterocycles. The molecule has 27 heavy (non-hydrogen) atoms. The van der Waals surface area contributed by atoms with Gasteiger partial charge < -0.3 is 15.4 Å². The number of hydrogen-bond donors (Lipinski definition) is 2. The van der Waals surface area contributed by atoms with E-state index in [2.05, 4.69) is 15.7 Å². The van der Waals surface area contributed by atoms with Crippen LogP contribution in [0.3, 0.4) is 0 Å². The zero-order chi connectivity index (χ0) is 18.9. The summed E-state index contributed by atoms with van der Waals surface area (Å²) in [5.41, 5.74) is 2.67. The van der Waals surface area contributed by atoms with Crippen LogP contribution in [-0.2, 0) is 4.74 Å². The second-order valence-corrected chi connectivity index (χ2v) is 6.13. The summed E-state index contributed by atoms with van der Waals surface area (Å²) in [5, 5.41) is 9.94. The Bertz CT molecular complexity index is 834. The number of urea groups is 1. The number of para-hydroxylation sites is 2. The summed E-state index contributed by atoms with van der Waals surface area (Å²) in [7, 11) is 0. The molecule has 2 N–H and O–H groups in total. The highest BCUT2D eigenvalue weighted by Gasteiger charge is 2.08. The zero-order valence-corrected chi connectivity index (χ0v) is 15.3. The zero-order valence-electron chi connectivity index (χ0n) is 15.3. The number of hydrogen-bond acceptors (Lipinski definition) is 3. The SMILES string of the molecule is CC(OCCCNC(=O)Nc1ccccc1-n1cccn1)c1ccccc1. The molecule has 1 unspecified atom stereocenters. The molecule has 2 aromatic carbocycles. The van der Waals surface area contributed by atoms with Crippen LogP contribution in [0.4, 0.5) is 10.5 Å². The lowest BCUT2D eigenvalue weighted by Crippen LogP contribution is -2.30. The Labute approximate surface area is 159 Å². The molecule has 3 aromatic rings. The van der Waals surface area contributed by atoms with Crippen molar-refractivity contribution in [3.8, 4) is 5.69 Å². The molecule has 0 radical (unpaired) electrons. The maximum Gasteiger partial charge on any atom is 0.319 e. The lowest BCUT2D eigenvalue weighted by Gasteiger charge is -2.14. The summed E-state index contributed by atoms with van der Waals surface area (Å²) in [6, 6.07) is 19.2. The summed E-state index contributed by atoms with van der Waals surface area (Å²) in [6.45, 7) is 3.15. The topological polar surface area (TPSA) is 68.2 Å². The van der Waals surface area contributed by atoms with Gasteiger partial charge in [-0.1, -0.05) is 42.5 Å². The van der Waals surface area contributed by atoms with E-state index in [4.69, 9.17) is 4.74 Å². The van der Waals surface area contributed by atoms with Gasteiger partial charge in [0.1, 0.15) is 0 Å². The Balaban J connectivity index is 1.41. The highest BCUT2D eigenvalue weighted by Crippen LogP contribution is 2.19. The Morgan fingerprint density at radius 3 is 2.67 bits per heavy atom. The summed E-state index contributed by atoms with van der Waals surface area (Å²) >= 11 is 0. The van der Waals surface area contributed by atoms with Crippen LogP contribution in [0.25, 0.3) is 5.69 Å². The van der Waals surface area contributed by atoms with E-state index in [9.17, 15) is 4.79 Å². The predicted molar refractivity (Wildman–Crippen MR) is 106 cm³/mol. The smallest absolute Gasteiger partial charge is 0.319 e. The molecule has 0 fully saturated rings. The number of nitrogens with one attached hydrogen (secondary N) is 2. The van der Waals surface area contributed by atoms with Crippen molar-refractivity contribution in [1.29, 1.82) is 0 Å². The first-order valence-corrected chi connectivity index (χ1v) is 9.04. The van der Waals surface area contributed by atoms with E-state index in [1.54, 1.807) is 10.9 Å². The number of amides is 2. The van der Waals surface area contributed by atoms with Gasteiger partial charge in [-0.3, -0.25) is 0 Å². The summed E-state index contributed by atoms with van der Waals surface area (Å²) < 4.78 is 7.53. The van der Waals surface area contributed by atoms with Gasteiger partial charge in [0.2, 0.25) is 0 Å². The molecule has 0 aliphatic heterocycles. The van der Waals surface area contributed by atoms with E-state index in [-0.39, 0.29) is 12.1 Å². The predicted octanol–water partition coefficient (Wildman–Crippen LogP) is 4.16. The van der Waals surface area contributed by atoms with Crippen molar-refractivity contribution in [3.05, 3.63) is 78.6 Å².